The van der Waals surface area contributed by atoms with Crippen LogP contribution >= 0.6 is 0 Å². The van der Waals surface area contributed by atoms with E-state index in [1.807, 2.05) is 0 Å². The first-order chi connectivity index (χ1) is 8.54. The van der Waals surface area contributed by atoms with Crippen molar-refractivity contribution in [1.29, 1.82) is 0 Å². The fourth-order valence-electron chi connectivity index (χ4n) is 1.58. The summed E-state index contributed by atoms with van der Waals surface area (Å²) < 4.78 is 36.9. The summed E-state index contributed by atoms with van der Waals surface area (Å²) in [6.07, 6.45) is -1.56. The highest BCUT2D eigenvalue weighted by molar-refractivity contribution is 5.24. The van der Waals surface area contributed by atoms with Crippen LogP contribution in [0, 0.1) is 0 Å². The van der Waals surface area contributed by atoms with Crippen molar-refractivity contribution in [3.8, 4) is 0 Å². The van der Waals surface area contributed by atoms with Crippen molar-refractivity contribution < 1.29 is 18.3 Å². The SMILES string of the molecule is OCCCCCNCc1ccc(C(F)(F)F)cc1. The number of aliphatic hydroxyl groups is 1. The largest absolute Gasteiger partial charge is 0.416 e. The molecule has 1 rings (SSSR count). The number of unbranched alkanes of at least 4 members (excludes halogenated alkanes) is 2. The van der Waals surface area contributed by atoms with Gasteiger partial charge in [-0.05, 0) is 43.5 Å². The van der Waals surface area contributed by atoms with Crippen LogP contribution in [0.25, 0.3) is 0 Å². The van der Waals surface area contributed by atoms with E-state index in [1.54, 1.807) is 0 Å². The molecule has 1 aromatic carbocycles. The number of hydrogen-bond donors (Lipinski definition) is 2. The molecule has 0 aromatic heterocycles. The van der Waals surface area contributed by atoms with Gasteiger partial charge in [0.15, 0.2) is 0 Å². The molecule has 0 amide bonds. The molecule has 0 bridgehead atoms. The Bertz CT molecular complexity index is 335. The zero-order chi connectivity index (χ0) is 13.4. The lowest BCUT2D eigenvalue weighted by Gasteiger charge is -2.08. The molecule has 102 valence electrons. The molecule has 0 atom stereocenters. The van der Waals surface area contributed by atoms with E-state index in [0.717, 1.165) is 43.5 Å². The van der Waals surface area contributed by atoms with Crippen molar-refractivity contribution >= 4 is 0 Å². The van der Waals surface area contributed by atoms with Gasteiger partial charge in [-0.3, -0.25) is 0 Å². The first kappa shape index (κ1) is 15.0. The van der Waals surface area contributed by atoms with E-state index in [2.05, 4.69) is 5.32 Å². The van der Waals surface area contributed by atoms with E-state index in [-0.39, 0.29) is 6.61 Å². The Morgan fingerprint density at radius 2 is 1.67 bits per heavy atom. The maximum atomic E-state index is 12.3. The second-order valence-corrected chi connectivity index (χ2v) is 4.16. The summed E-state index contributed by atoms with van der Waals surface area (Å²) in [6.45, 7) is 1.58. The van der Waals surface area contributed by atoms with Gasteiger partial charge in [0.25, 0.3) is 0 Å². The molecule has 1 aromatic rings. The van der Waals surface area contributed by atoms with Crippen molar-refractivity contribution in [3.63, 3.8) is 0 Å². The second-order valence-electron chi connectivity index (χ2n) is 4.16. The Kier molecular flexibility index (Phi) is 6.15. The molecule has 0 saturated heterocycles. The minimum absolute atomic E-state index is 0.207. The fraction of sp³-hybridized carbons (Fsp3) is 0.538. The average Bonchev–Trinajstić information content (AvgIpc) is 2.33. The van der Waals surface area contributed by atoms with E-state index in [9.17, 15) is 13.2 Å². The lowest BCUT2D eigenvalue weighted by atomic mass is 10.1. The van der Waals surface area contributed by atoms with Gasteiger partial charge < -0.3 is 10.4 Å². The van der Waals surface area contributed by atoms with E-state index in [0.29, 0.717) is 6.54 Å². The highest BCUT2D eigenvalue weighted by Crippen LogP contribution is 2.28. The van der Waals surface area contributed by atoms with Crippen molar-refractivity contribution in [2.75, 3.05) is 13.2 Å². The maximum absolute atomic E-state index is 12.3. The minimum atomic E-state index is -4.27. The van der Waals surface area contributed by atoms with E-state index in [1.165, 1.54) is 12.1 Å². The summed E-state index contributed by atoms with van der Waals surface area (Å²) in [5.74, 6) is 0. The van der Waals surface area contributed by atoms with Crippen LogP contribution in [-0.4, -0.2) is 18.3 Å². The van der Waals surface area contributed by atoms with Crippen LogP contribution < -0.4 is 5.32 Å². The zero-order valence-electron chi connectivity index (χ0n) is 10.1. The van der Waals surface area contributed by atoms with Gasteiger partial charge >= 0.3 is 6.18 Å². The van der Waals surface area contributed by atoms with Gasteiger partial charge in [0.2, 0.25) is 0 Å². The van der Waals surface area contributed by atoms with Crippen molar-refractivity contribution in [2.45, 2.75) is 32.0 Å². The maximum Gasteiger partial charge on any atom is 0.416 e. The molecule has 0 heterocycles. The highest BCUT2D eigenvalue weighted by atomic mass is 19.4. The van der Waals surface area contributed by atoms with Gasteiger partial charge in [-0.1, -0.05) is 12.1 Å². The molecule has 0 unspecified atom stereocenters. The van der Waals surface area contributed by atoms with Crippen molar-refractivity contribution in [2.24, 2.45) is 0 Å². The molecule has 0 aliphatic rings. The van der Waals surface area contributed by atoms with E-state index < -0.39 is 11.7 Å². The molecule has 0 aliphatic carbocycles. The average molecular weight is 261 g/mol. The Hall–Kier alpha value is -1.07. The first-order valence-corrected chi connectivity index (χ1v) is 6.02. The summed E-state index contributed by atoms with van der Waals surface area (Å²) in [7, 11) is 0. The number of rotatable bonds is 7. The Balaban J connectivity index is 2.27. The standard InChI is InChI=1S/C13H18F3NO/c14-13(15,16)12-6-4-11(5-7-12)10-17-8-2-1-3-9-18/h4-7,17-18H,1-3,8-10H2. The van der Waals surface area contributed by atoms with Crippen LogP contribution in [0.1, 0.15) is 30.4 Å². The topological polar surface area (TPSA) is 32.3 Å². The Morgan fingerprint density at radius 1 is 1.00 bits per heavy atom. The molecule has 0 fully saturated rings. The Labute approximate surface area is 105 Å². The second kappa shape index (κ2) is 7.38. The fourth-order valence-corrected chi connectivity index (χ4v) is 1.58. The van der Waals surface area contributed by atoms with Crippen LogP contribution in [0.3, 0.4) is 0 Å². The van der Waals surface area contributed by atoms with Crippen LogP contribution in [0.15, 0.2) is 24.3 Å². The first-order valence-electron chi connectivity index (χ1n) is 6.02. The molecule has 0 aliphatic heterocycles. The lowest BCUT2D eigenvalue weighted by molar-refractivity contribution is -0.137. The molecule has 5 heteroatoms. The van der Waals surface area contributed by atoms with E-state index in [4.69, 9.17) is 5.11 Å². The predicted molar refractivity (Wildman–Crippen MR) is 64.1 cm³/mol. The number of halogens is 3. The molecular weight excluding hydrogens is 243 g/mol. The molecule has 18 heavy (non-hydrogen) atoms. The van der Waals surface area contributed by atoms with E-state index >= 15 is 0 Å². The number of benzene rings is 1. The van der Waals surface area contributed by atoms with Crippen LogP contribution in [0.5, 0.6) is 0 Å². The van der Waals surface area contributed by atoms with Gasteiger partial charge in [-0.25, -0.2) is 0 Å². The lowest BCUT2D eigenvalue weighted by Crippen LogP contribution is -2.15. The van der Waals surface area contributed by atoms with Crippen LogP contribution in [0.4, 0.5) is 13.2 Å². The summed E-state index contributed by atoms with van der Waals surface area (Å²) in [5, 5.41) is 11.7. The van der Waals surface area contributed by atoms with Crippen LogP contribution in [-0.2, 0) is 12.7 Å². The Morgan fingerprint density at radius 3 is 2.22 bits per heavy atom. The third-order valence-electron chi connectivity index (χ3n) is 2.62. The third-order valence-corrected chi connectivity index (χ3v) is 2.62. The van der Waals surface area contributed by atoms with Gasteiger partial charge in [0, 0.05) is 13.2 Å². The molecular formula is C13H18F3NO. The zero-order valence-corrected chi connectivity index (χ0v) is 10.1. The summed E-state index contributed by atoms with van der Waals surface area (Å²) in [5.41, 5.74) is 0.222. The van der Waals surface area contributed by atoms with Crippen molar-refractivity contribution in [1.82, 2.24) is 5.32 Å². The molecule has 2 N–H and O–H groups in total. The monoisotopic (exact) mass is 261 g/mol. The molecule has 0 spiro atoms. The number of nitrogens with one attached hydrogen (secondary N) is 1. The van der Waals surface area contributed by atoms with Gasteiger partial charge in [-0.2, -0.15) is 13.2 Å². The molecule has 0 saturated carbocycles. The van der Waals surface area contributed by atoms with Gasteiger partial charge in [-0.15, -0.1) is 0 Å². The highest BCUT2D eigenvalue weighted by Gasteiger charge is 2.29. The summed E-state index contributed by atoms with van der Waals surface area (Å²) >= 11 is 0. The number of hydrogen-bond acceptors (Lipinski definition) is 2. The van der Waals surface area contributed by atoms with Gasteiger partial charge in [0.05, 0.1) is 5.56 Å². The predicted octanol–water partition coefficient (Wildman–Crippen LogP) is 2.96. The third kappa shape index (κ3) is 5.51. The number of aliphatic hydroxyl groups excluding tert-OH is 1. The normalized spacial score (nSPS) is 11.8. The minimum Gasteiger partial charge on any atom is -0.396 e. The number of alkyl halides is 3. The summed E-state index contributed by atoms with van der Waals surface area (Å²) in [4.78, 5) is 0. The summed E-state index contributed by atoms with van der Waals surface area (Å²) in [6, 6.07) is 5.18. The van der Waals surface area contributed by atoms with Crippen LogP contribution in [0.2, 0.25) is 0 Å². The molecule has 0 radical (unpaired) electrons. The smallest absolute Gasteiger partial charge is 0.396 e. The molecule has 2 nitrogen and oxygen atoms in total. The quantitative estimate of drug-likeness (QED) is 0.740. The van der Waals surface area contributed by atoms with Gasteiger partial charge in [0.1, 0.15) is 0 Å². The van der Waals surface area contributed by atoms with Crippen molar-refractivity contribution in [3.05, 3.63) is 35.4 Å².